The van der Waals surface area contributed by atoms with Gasteiger partial charge in [-0.25, -0.2) is 0 Å². The van der Waals surface area contributed by atoms with Gasteiger partial charge < -0.3 is 9.15 Å². The number of benzene rings is 3. The Morgan fingerprint density at radius 3 is 2.03 bits per heavy atom. The number of hydrogen-bond donors (Lipinski definition) is 0. The third kappa shape index (κ3) is 4.09. The summed E-state index contributed by atoms with van der Waals surface area (Å²) in [6, 6.07) is 22.2. The van der Waals surface area contributed by atoms with Crippen LogP contribution >= 0.6 is 22.6 Å². The van der Waals surface area contributed by atoms with E-state index in [9.17, 15) is 13.2 Å². The van der Waals surface area contributed by atoms with E-state index in [0.717, 1.165) is 38.1 Å². The van der Waals surface area contributed by atoms with Crippen molar-refractivity contribution in [1.29, 1.82) is 0 Å². The first-order valence-electron chi connectivity index (χ1n) is 9.07. The Bertz CT molecular complexity index is 1160. The Kier molecular flexibility index (Phi) is 5.60. The molecule has 0 amide bonds. The molecule has 0 fully saturated rings. The second-order valence-electron chi connectivity index (χ2n) is 6.64. The number of methoxy groups -OCH3 is 1. The van der Waals surface area contributed by atoms with Crippen molar-refractivity contribution in [3.8, 4) is 39.5 Å². The molecule has 1 aromatic heterocycles. The van der Waals surface area contributed by atoms with Crippen LogP contribution in [0.25, 0.3) is 33.8 Å². The van der Waals surface area contributed by atoms with E-state index in [2.05, 4.69) is 22.6 Å². The molecule has 0 saturated carbocycles. The molecule has 6 heteroatoms. The van der Waals surface area contributed by atoms with Crippen LogP contribution in [-0.4, -0.2) is 7.11 Å². The zero-order valence-electron chi connectivity index (χ0n) is 15.8. The van der Waals surface area contributed by atoms with E-state index in [-0.39, 0.29) is 0 Å². The zero-order chi connectivity index (χ0) is 21.3. The van der Waals surface area contributed by atoms with Crippen LogP contribution in [0.4, 0.5) is 13.2 Å². The van der Waals surface area contributed by atoms with Crippen molar-refractivity contribution >= 4 is 22.6 Å². The van der Waals surface area contributed by atoms with Crippen molar-refractivity contribution in [3.05, 3.63) is 88.0 Å². The highest BCUT2D eigenvalue weighted by Gasteiger charge is 2.30. The maximum Gasteiger partial charge on any atom is 0.416 e. The number of alkyl halides is 3. The van der Waals surface area contributed by atoms with Crippen molar-refractivity contribution in [2.24, 2.45) is 0 Å². The quantitative estimate of drug-likeness (QED) is 0.255. The van der Waals surface area contributed by atoms with Crippen LogP contribution in [0, 0.1) is 3.57 Å². The fraction of sp³-hybridized carbons (Fsp3) is 0.0833. The standard InChI is InChI=1S/C24H16F3IO2/c1-29-18-12-8-15(9-13-18)20-14-22(19-4-2-3-5-21(19)28)30-23(20)16-6-10-17(11-7-16)24(25,26)27/h2-14H,1H3. The third-order valence-electron chi connectivity index (χ3n) is 4.75. The van der Waals surface area contributed by atoms with Crippen LogP contribution in [0.2, 0.25) is 0 Å². The molecular formula is C24H16F3IO2. The van der Waals surface area contributed by atoms with E-state index in [1.807, 2.05) is 54.6 Å². The summed E-state index contributed by atoms with van der Waals surface area (Å²) in [5.41, 5.74) is 2.48. The molecule has 0 saturated heterocycles. The molecule has 0 radical (unpaired) electrons. The molecule has 4 aromatic rings. The summed E-state index contributed by atoms with van der Waals surface area (Å²) in [7, 11) is 1.59. The molecule has 3 aromatic carbocycles. The zero-order valence-corrected chi connectivity index (χ0v) is 18.0. The minimum Gasteiger partial charge on any atom is -0.497 e. The van der Waals surface area contributed by atoms with E-state index >= 15 is 0 Å². The van der Waals surface area contributed by atoms with Gasteiger partial charge in [-0.05, 0) is 64.6 Å². The minimum absolute atomic E-state index is 0.517. The first-order chi connectivity index (χ1) is 14.4. The van der Waals surface area contributed by atoms with Gasteiger partial charge in [-0.15, -0.1) is 0 Å². The van der Waals surface area contributed by atoms with Crippen LogP contribution in [0.5, 0.6) is 5.75 Å². The molecule has 0 aliphatic carbocycles. The fourth-order valence-electron chi connectivity index (χ4n) is 3.19. The summed E-state index contributed by atoms with van der Waals surface area (Å²) >= 11 is 2.24. The van der Waals surface area contributed by atoms with Crippen molar-refractivity contribution < 1.29 is 22.3 Å². The Hall–Kier alpha value is -2.74. The second-order valence-corrected chi connectivity index (χ2v) is 7.80. The van der Waals surface area contributed by atoms with Gasteiger partial charge in [-0.3, -0.25) is 0 Å². The fourth-order valence-corrected chi connectivity index (χ4v) is 3.85. The largest absolute Gasteiger partial charge is 0.497 e. The van der Waals surface area contributed by atoms with E-state index < -0.39 is 11.7 Å². The lowest BCUT2D eigenvalue weighted by atomic mass is 10.0. The molecular weight excluding hydrogens is 504 g/mol. The Morgan fingerprint density at radius 1 is 0.800 bits per heavy atom. The van der Waals surface area contributed by atoms with Crippen LogP contribution in [0.1, 0.15) is 5.56 Å². The van der Waals surface area contributed by atoms with Crippen LogP contribution in [0.15, 0.2) is 83.3 Å². The summed E-state index contributed by atoms with van der Waals surface area (Å²) in [5, 5.41) is 0. The average Bonchev–Trinajstić information content (AvgIpc) is 3.19. The molecule has 0 unspecified atom stereocenters. The normalized spacial score (nSPS) is 11.5. The number of halogens is 4. The SMILES string of the molecule is COc1ccc(-c2cc(-c3ccccc3I)oc2-c2ccc(C(F)(F)F)cc2)cc1. The maximum atomic E-state index is 13.0. The Labute approximate surface area is 185 Å². The predicted molar refractivity (Wildman–Crippen MR) is 119 cm³/mol. The smallest absolute Gasteiger partial charge is 0.416 e. The number of furan rings is 1. The maximum absolute atomic E-state index is 13.0. The van der Waals surface area contributed by atoms with Crippen LogP contribution < -0.4 is 4.74 Å². The van der Waals surface area contributed by atoms with E-state index in [4.69, 9.17) is 9.15 Å². The Morgan fingerprint density at radius 2 is 1.43 bits per heavy atom. The van der Waals surface area contributed by atoms with Crippen LogP contribution in [-0.2, 0) is 6.18 Å². The molecule has 0 spiro atoms. The van der Waals surface area contributed by atoms with Gasteiger partial charge in [-0.1, -0.05) is 42.5 Å². The van der Waals surface area contributed by atoms with Gasteiger partial charge in [-0.2, -0.15) is 13.2 Å². The highest BCUT2D eigenvalue weighted by molar-refractivity contribution is 14.1. The predicted octanol–water partition coefficient (Wildman–Crippen LogP) is 7.91. The summed E-state index contributed by atoms with van der Waals surface area (Å²) in [6.45, 7) is 0. The minimum atomic E-state index is -4.38. The molecule has 1 heterocycles. The highest BCUT2D eigenvalue weighted by Crippen LogP contribution is 2.41. The van der Waals surface area contributed by atoms with Crippen molar-refractivity contribution in [1.82, 2.24) is 0 Å². The molecule has 2 nitrogen and oxygen atoms in total. The summed E-state index contributed by atoms with van der Waals surface area (Å²) in [6.07, 6.45) is -4.38. The van der Waals surface area contributed by atoms with Crippen LogP contribution in [0.3, 0.4) is 0 Å². The molecule has 0 aliphatic rings. The van der Waals surface area contributed by atoms with Gasteiger partial charge in [0.05, 0.1) is 12.7 Å². The van der Waals surface area contributed by atoms with Gasteiger partial charge in [0.2, 0.25) is 0 Å². The van der Waals surface area contributed by atoms with Gasteiger partial charge in [0, 0.05) is 20.3 Å². The number of rotatable bonds is 4. The molecule has 30 heavy (non-hydrogen) atoms. The van der Waals surface area contributed by atoms with Crippen molar-refractivity contribution in [3.63, 3.8) is 0 Å². The lowest BCUT2D eigenvalue weighted by Crippen LogP contribution is -2.03. The molecule has 152 valence electrons. The molecule has 4 rings (SSSR count). The third-order valence-corrected chi connectivity index (χ3v) is 5.69. The lowest BCUT2D eigenvalue weighted by molar-refractivity contribution is -0.137. The monoisotopic (exact) mass is 520 g/mol. The Balaban J connectivity index is 1.86. The van der Waals surface area contributed by atoms with E-state index in [1.165, 1.54) is 12.1 Å². The van der Waals surface area contributed by atoms with Gasteiger partial charge >= 0.3 is 6.18 Å². The molecule has 0 bridgehead atoms. The molecule has 0 N–H and O–H groups in total. The van der Waals surface area contributed by atoms with Gasteiger partial charge in [0.25, 0.3) is 0 Å². The topological polar surface area (TPSA) is 22.4 Å². The van der Waals surface area contributed by atoms with E-state index in [1.54, 1.807) is 7.11 Å². The van der Waals surface area contributed by atoms with E-state index in [0.29, 0.717) is 17.1 Å². The number of ether oxygens (including phenoxy) is 1. The highest BCUT2D eigenvalue weighted by atomic mass is 127. The lowest BCUT2D eigenvalue weighted by Gasteiger charge is -2.08. The molecule has 0 atom stereocenters. The first kappa shape index (κ1) is 20.5. The summed E-state index contributed by atoms with van der Waals surface area (Å²) < 4.78 is 51.3. The van der Waals surface area contributed by atoms with Crippen molar-refractivity contribution in [2.45, 2.75) is 6.18 Å². The number of hydrogen-bond acceptors (Lipinski definition) is 2. The summed E-state index contributed by atoms with van der Waals surface area (Å²) in [4.78, 5) is 0. The second kappa shape index (κ2) is 8.18. The summed E-state index contributed by atoms with van der Waals surface area (Å²) in [5.74, 6) is 1.89. The first-order valence-corrected chi connectivity index (χ1v) is 10.2. The van der Waals surface area contributed by atoms with Gasteiger partial charge in [0.1, 0.15) is 17.3 Å². The van der Waals surface area contributed by atoms with Crippen molar-refractivity contribution in [2.75, 3.05) is 7.11 Å². The average molecular weight is 520 g/mol. The van der Waals surface area contributed by atoms with Gasteiger partial charge in [0.15, 0.2) is 0 Å². The molecule has 0 aliphatic heterocycles.